The highest BCUT2D eigenvalue weighted by atomic mass is 16.7. The molecule has 0 spiro atoms. The predicted molar refractivity (Wildman–Crippen MR) is 102 cm³/mol. The molecule has 2 heterocycles. The Balaban J connectivity index is 1.77. The molecule has 1 aromatic heterocycles. The Morgan fingerprint density at radius 1 is 1.12 bits per heavy atom. The topological polar surface area (TPSA) is 60.5 Å². The van der Waals surface area contributed by atoms with Crippen molar-refractivity contribution in [3.8, 4) is 0 Å². The largest absolute Gasteiger partial charge is 0.496 e. The van der Waals surface area contributed by atoms with E-state index in [1.807, 2.05) is 71.0 Å². The molecule has 0 bridgehead atoms. The number of hydrogen-bond acceptors (Lipinski definition) is 4. The molecular weight excluding hydrogens is 327 g/mol. The fourth-order valence-corrected chi connectivity index (χ4v) is 2.76. The van der Waals surface area contributed by atoms with Crippen molar-refractivity contribution in [3.05, 3.63) is 59.4 Å². The highest BCUT2D eigenvalue weighted by Crippen LogP contribution is 2.36. The number of nitrogens with zero attached hydrogens (tertiary/aromatic N) is 1. The molecule has 6 heteroatoms. The van der Waals surface area contributed by atoms with Crippen molar-refractivity contribution in [2.45, 2.75) is 52.4 Å². The van der Waals surface area contributed by atoms with Crippen LogP contribution >= 0.6 is 0 Å². The molecule has 1 aliphatic heterocycles. The highest BCUT2D eigenvalue weighted by molar-refractivity contribution is 6.62. The molecule has 26 heavy (non-hydrogen) atoms. The van der Waals surface area contributed by atoms with Gasteiger partial charge in [-0.3, -0.25) is 9.78 Å². The number of amides is 1. The zero-order valence-electron chi connectivity index (χ0n) is 16.0. The summed E-state index contributed by atoms with van der Waals surface area (Å²) < 4.78 is 12.1. The van der Waals surface area contributed by atoms with E-state index in [2.05, 4.69) is 10.3 Å². The van der Waals surface area contributed by atoms with Crippen molar-refractivity contribution in [2.75, 3.05) is 0 Å². The lowest BCUT2D eigenvalue weighted by atomic mass is 9.79. The number of rotatable bonds is 4. The molecule has 0 saturated carbocycles. The lowest BCUT2D eigenvalue weighted by Crippen LogP contribution is -2.41. The summed E-state index contributed by atoms with van der Waals surface area (Å²) in [5.41, 5.74) is 2.15. The average Bonchev–Trinajstić information content (AvgIpc) is 2.82. The number of carbonyl (C=O) groups is 1. The molecule has 0 radical (unpaired) electrons. The summed E-state index contributed by atoms with van der Waals surface area (Å²) in [6.07, 6.45) is 1.71. The van der Waals surface area contributed by atoms with E-state index in [-0.39, 0.29) is 5.91 Å². The summed E-state index contributed by atoms with van der Waals surface area (Å²) in [6.45, 7) is 10.3. The smallest absolute Gasteiger partial charge is 0.399 e. The zero-order chi connectivity index (χ0) is 18.9. The van der Waals surface area contributed by atoms with Crippen molar-refractivity contribution >= 4 is 18.5 Å². The first-order chi connectivity index (χ1) is 12.2. The van der Waals surface area contributed by atoms with E-state index in [1.54, 1.807) is 6.20 Å². The predicted octanol–water partition coefficient (Wildman–Crippen LogP) is 2.62. The minimum atomic E-state index is -0.534. The molecule has 0 unspecified atom stereocenters. The summed E-state index contributed by atoms with van der Waals surface area (Å²) in [6, 6.07) is 11.6. The molecule has 1 N–H and O–H groups in total. The summed E-state index contributed by atoms with van der Waals surface area (Å²) in [5.74, 6) is -0.155. The zero-order valence-corrected chi connectivity index (χ0v) is 16.0. The number of aromatic nitrogens is 1. The average molecular weight is 352 g/mol. The van der Waals surface area contributed by atoms with Crippen LogP contribution in [0.15, 0.2) is 42.6 Å². The van der Waals surface area contributed by atoms with E-state index in [4.69, 9.17) is 9.31 Å². The van der Waals surface area contributed by atoms with Crippen LogP contribution in [0.2, 0.25) is 0 Å². The SMILES string of the molecule is Cc1ncc(B2OC(C)(C)C(C)(C)O2)cc1C(=O)NCc1ccccc1. The van der Waals surface area contributed by atoms with Crippen LogP contribution in [0.1, 0.15) is 49.3 Å². The maximum Gasteiger partial charge on any atom is 0.496 e. The number of aryl methyl sites for hydroxylation is 1. The van der Waals surface area contributed by atoms with Gasteiger partial charge in [-0.1, -0.05) is 30.3 Å². The minimum Gasteiger partial charge on any atom is -0.399 e. The second-order valence-electron chi connectivity index (χ2n) is 7.66. The molecule has 1 amide bonds. The first-order valence-electron chi connectivity index (χ1n) is 8.84. The Morgan fingerprint density at radius 2 is 1.73 bits per heavy atom. The van der Waals surface area contributed by atoms with E-state index in [0.717, 1.165) is 11.0 Å². The van der Waals surface area contributed by atoms with Crippen LogP contribution in [0.4, 0.5) is 0 Å². The number of nitrogens with one attached hydrogen (secondary N) is 1. The molecule has 1 aliphatic rings. The standard InChI is InChI=1S/C20H25BN2O3/c1-14-17(18(24)23-12-15-9-7-6-8-10-15)11-16(13-22-14)21-25-19(2,3)20(4,5)26-21/h6-11,13H,12H2,1-5H3,(H,23,24). The van der Waals surface area contributed by atoms with Crippen LogP contribution in [-0.2, 0) is 15.9 Å². The fourth-order valence-electron chi connectivity index (χ4n) is 2.76. The number of hydrogen-bond donors (Lipinski definition) is 1. The van der Waals surface area contributed by atoms with E-state index in [0.29, 0.717) is 17.8 Å². The Morgan fingerprint density at radius 3 is 2.35 bits per heavy atom. The van der Waals surface area contributed by atoms with Crippen LogP contribution in [0.3, 0.4) is 0 Å². The van der Waals surface area contributed by atoms with Crippen LogP contribution in [0.5, 0.6) is 0 Å². The van der Waals surface area contributed by atoms with Crippen molar-refractivity contribution in [1.29, 1.82) is 0 Å². The summed E-state index contributed by atoms with van der Waals surface area (Å²) >= 11 is 0. The molecule has 1 aromatic carbocycles. The first-order valence-corrected chi connectivity index (χ1v) is 8.84. The van der Waals surface area contributed by atoms with Gasteiger partial charge in [-0.05, 0) is 46.2 Å². The molecule has 1 fully saturated rings. The van der Waals surface area contributed by atoms with Crippen LogP contribution in [0, 0.1) is 6.92 Å². The fraction of sp³-hybridized carbons (Fsp3) is 0.400. The van der Waals surface area contributed by atoms with E-state index in [1.165, 1.54) is 0 Å². The van der Waals surface area contributed by atoms with Gasteiger partial charge < -0.3 is 14.6 Å². The van der Waals surface area contributed by atoms with Gasteiger partial charge in [0.25, 0.3) is 5.91 Å². The normalized spacial score (nSPS) is 18.0. The summed E-state index contributed by atoms with van der Waals surface area (Å²) in [7, 11) is -0.534. The van der Waals surface area contributed by atoms with Gasteiger partial charge in [0.15, 0.2) is 0 Å². The maximum atomic E-state index is 12.6. The molecule has 3 rings (SSSR count). The second kappa shape index (κ2) is 6.85. The molecule has 0 atom stereocenters. The third-order valence-electron chi connectivity index (χ3n) is 5.17. The number of carbonyl (C=O) groups excluding carboxylic acids is 1. The van der Waals surface area contributed by atoms with Gasteiger partial charge in [-0.25, -0.2) is 0 Å². The molecule has 136 valence electrons. The quantitative estimate of drug-likeness (QED) is 0.860. The minimum absolute atomic E-state index is 0.155. The Labute approximate surface area is 155 Å². The Bertz CT molecular complexity index is 790. The first kappa shape index (κ1) is 18.6. The Kier molecular flexibility index (Phi) is 4.91. The van der Waals surface area contributed by atoms with Gasteiger partial charge in [0.05, 0.1) is 16.8 Å². The maximum absolute atomic E-state index is 12.6. The lowest BCUT2D eigenvalue weighted by Gasteiger charge is -2.32. The van der Waals surface area contributed by atoms with Gasteiger partial charge in [0.2, 0.25) is 0 Å². The van der Waals surface area contributed by atoms with E-state index < -0.39 is 18.3 Å². The van der Waals surface area contributed by atoms with Crippen LogP contribution < -0.4 is 10.8 Å². The van der Waals surface area contributed by atoms with Crippen molar-refractivity contribution in [2.24, 2.45) is 0 Å². The molecular formula is C20H25BN2O3. The number of benzene rings is 1. The van der Waals surface area contributed by atoms with Crippen LogP contribution in [0.25, 0.3) is 0 Å². The van der Waals surface area contributed by atoms with Gasteiger partial charge in [0, 0.05) is 23.9 Å². The highest BCUT2D eigenvalue weighted by Gasteiger charge is 2.51. The van der Waals surface area contributed by atoms with Gasteiger partial charge in [0.1, 0.15) is 0 Å². The number of pyridine rings is 1. The third-order valence-corrected chi connectivity index (χ3v) is 5.17. The molecule has 2 aromatic rings. The van der Waals surface area contributed by atoms with Crippen molar-refractivity contribution in [3.63, 3.8) is 0 Å². The van der Waals surface area contributed by atoms with Gasteiger partial charge >= 0.3 is 7.12 Å². The Hall–Kier alpha value is -2.18. The van der Waals surface area contributed by atoms with Crippen molar-refractivity contribution < 1.29 is 14.1 Å². The monoisotopic (exact) mass is 352 g/mol. The van der Waals surface area contributed by atoms with E-state index in [9.17, 15) is 4.79 Å². The molecule has 0 aliphatic carbocycles. The molecule has 5 nitrogen and oxygen atoms in total. The van der Waals surface area contributed by atoms with Gasteiger partial charge in [-0.2, -0.15) is 0 Å². The van der Waals surface area contributed by atoms with E-state index >= 15 is 0 Å². The molecule has 1 saturated heterocycles. The summed E-state index contributed by atoms with van der Waals surface area (Å²) in [4.78, 5) is 17.0. The van der Waals surface area contributed by atoms with Gasteiger partial charge in [-0.15, -0.1) is 0 Å². The van der Waals surface area contributed by atoms with Crippen LogP contribution in [-0.4, -0.2) is 29.2 Å². The lowest BCUT2D eigenvalue weighted by molar-refractivity contribution is 0.00578. The third kappa shape index (κ3) is 3.66. The summed E-state index contributed by atoms with van der Waals surface area (Å²) in [5, 5.41) is 2.95. The second-order valence-corrected chi connectivity index (χ2v) is 7.66. The van der Waals surface area contributed by atoms with Crippen molar-refractivity contribution in [1.82, 2.24) is 10.3 Å².